The normalized spacial score (nSPS) is 22.2. The lowest BCUT2D eigenvalue weighted by atomic mass is 10.1. The molecule has 1 saturated heterocycles. The first kappa shape index (κ1) is 9.97. The molecule has 2 rings (SSSR count). The summed E-state index contributed by atoms with van der Waals surface area (Å²) in [5.74, 6) is 0. The van der Waals surface area contributed by atoms with Crippen LogP contribution in [0.2, 0.25) is 5.02 Å². The maximum absolute atomic E-state index is 5.93. The van der Waals surface area contributed by atoms with Gasteiger partial charge in [0.2, 0.25) is 0 Å². The van der Waals surface area contributed by atoms with E-state index in [9.17, 15) is 0 Å². The molecule has 1 aliphatic rings. The first-order valence-corrected chi connectivity index (χ1v) is 5.41. The summed E-state index contributed by atoms with van der Waals surface area (Å²) in [7, 11) is 0. The molecule has 0 aromatic heterocycles. The van der Waals surface area contributed by atoms with Crippen LogP contribution in [0.5, 0.6) is 0 Å². The standard InChI is InChI=1S/C11H15ClN2/c12-10-3-1-2-9(6-10)7-11-8-13-4-5-14-11/h1-3,6,11,13-14H,4-5,7-8H2. The van der Waals surface area contributed by atoms with E-state index in [0.29, 0.717) is 6.04 Å². The second-order valence-electron chi connectivity index (χ2n) is 3.69. The van der Waals surface area contributed by atoms with Crippen LogP contribution in [0.1, 0.15) is 5.56 Å². The van der Waals surface area contributed by atoms with Gasteiger partial charge in [-0.15, -0.1) is 0 Å². The molecule has 1 atom stereocenters. The molecule has 1 heterocycles. The van der Waals surface area contributed by atoms with Crippen LogP contribution in [-0.4, -0.2) is 25.7 Å². The second-order valence-corrected chi connectivity index (χ2v) is 4.13. The second kappa shape index (κ2) is 4.78. The molecule has 2 nitrogen and oxygen atoms in total. The van der Waals surface area contributed by atoms with E-state index in [4.69, 9.17) is 11.6 Å². The average Bonchev–Trinajstić information content (AvgIpc) is 2.19. The first-order chi connectivity index (χ1) is 6.84. The van der Waals surface area contributed by atoms with Crippen LogP contribution in [0.15, 0.2) is 24.3 Å². The van der Waals surface area contributed by atoms with E-state index in [1.54, 1.807) is 0 Å². The Kier molecular flexibility index (Phi) is 3.40. The molecular formula is C11H15ClN2. The van der Waals surface area contributed by atoms with Crippen LogP contribution in [0, 0.1) is 0 Å². The summed E-state index contributed by atoms with van der Waals surface area (Å²) in [6.45, 7) is 3.18. The maximum Gasteiger partial charge on any atom is 0.0408 e. The lowest BCUT2D eigenvalue weighted by Gasteiger charge is -2.24. The zero-order valence-electron chi connectivity index (χ0n) is 8.09. The van der Waals surface area contributed by atoms with Crippen molar-refractivity contribution < 1.29 is 0 Å². The van der Waals surface area contributed by atoms with Crippen molar-refractivity contribution in [2.45, 2.75) is 12.5 Å². The molecule has 1 aromatic rings. The van der Waals surface area contributed by atoms with Gasteiger partial charge in [0.1, 0.15) is 0 Å². The highest BCUT2D eigenvalue weighted by molar-refractivity contribution is 6.30. The number of halogens is 1. The zero-order chi connectivity index (χ0) is 9.80. The Morgan fingerprint density at radius 1 is 1.36 bits per heavy atom. The molecule has 1 unspecified atom stereocenters. The monoisotopic (exact) mass is 210 g/mol. The number of hydrogen-bond acceptors (Lipinski definition) is 2. The number of nitrogens with one attached hydrogen (secondary N) is 2. The van der Waals surface area contributed by atoms with Crippen molar-refractivity contribution in [1.29, 1.82) is 0 Å². The molecule has 14 heavy (non-hydrogen) atoms. The van der Waals surface area contributed by atoms with Gasteiger partial charge in [-0.1, -0.05) is 23.7 Å². The lowest BCUT2D eigenvalue weighted by Crippen LogP contribution is -2.49. The lowest BCUT2D eigenvalue weighted by molar-refractivity contribution is 0.416. The topological polar surface area (TPSA) is 24.1 Å². The summed E-state index contributed by atoms with van der Waals surface area (Å²) < 4.78 is 0. The number of piperazine rings is 1. The summed E-state index contributed by atoms with van der Waals surface area (Å²) in [5, 5.41) is 7.68. The Labute approximate surface area is 89.7 Å². The van der Waals surface area contributed by atoms with Crippen molar-refractivity contribution in [3.63, 3.8) is 0 Å². The van der Waals surface area contributed by atoms with Crippen LogP contribution in [0.4, 0.5) is 0 Å². The number of rotatable bonds is 2. The Bertz CT molecular complexity index is 295. The molecule has 1 aromatic carbocycles. The van der Waals surface area contributed by atoms with Crippen LogP contribution in [0.3, 0.4) is 0 Å². The largest absolute Gasteiger partial charge is 0.314 e. The van der Waals surface area contributed by atoms with E-state index in [-0.39, 0.29) is 0 Å². The minimum Gasteiger partial charge on any atom is -0.314 e. The van der Waals surface area contributed by atoms with E-state index in [2.05, 4.69) is 16.7 Å². The van der Waals surface area contributed by atoms with Gasteiger partial charge in [-0.3, -0.25) is 0 Å². The van der Waals surface area contributed by atoms with Gasteiger partial charge in [0.15, 0.2) is 0 Å². The van der Waals surface area contributed by atoms with Gasteiger partial charge in [-0.25, -0.2) is 0 Å². The van der Waals surface area contributed by atoms with E-state index in [1.165, 1.54) is 5.56 Å². The first-order valence-electron chi connectivity index (χ1n) is 5.03. The molecule has 0 aliphatic carbocycles. The van der Waals surface area contributed by atoms with Crippen LogP contribution in [-0.2, 0) is 6.42 Å². The molecule has 76 valence electrons. The highest BCUT2D eigenvalue weighted by atomic mass is 35.5. The SMILES string of the molecule is Clc1cccc(CC2CNCCN2)c1. The summed E-state index contributed by atoms with van der Waals surface area (Å²) >= 11 is 5.93. The third kappa shape index (κ3) is 2.71. The predicted octanol–water partition coefficient (Wildman–Crippen LogP) is 1.44. The van der Waals surface area contributed by atoms with Gasteiger partial charge in [0.05, 0.1) is 0 Å². The third-order valence-electron chi connectivity index (χ3n) is 2.50. The molecule has 3 heteroatoms. The fraction of sp³-hybridized carbons (Fsp3) is 0.455. The van der Waals surface area contributed by atoms with Gasteiger partial charge in [-0.05, 0) is 24.1 Å². The highest BCUT2D eigenvalue weighted by Gasteiger charge is 2.12. The average molecular weight is 211 g/mol. The van der Waals surface area contributed by atoms with Crippen molar-refractivity contribution in [1.82, 2.24) is 10.6 Å². The molecule has 0 saturated carbocycles. The van der Waals surface area contributed by atoms with E-state index < -0.39 is 0 Å². The number of hydrogen-bond donors (Lipinski definition) is 2. The Balaban J connectivity index is 1.95. The molecule has 0 bridgehead atoms. The summed E-state index contributed by atoms with van der Waals surface area (Å²) in [6, 6.07) is 8.63. The summed E-state index contributed by atoms with van der Waals surface area (Å²) in [6.07, 6.45) is 1.05. The summed E-state index contributed by atoms with van der Waals surface area (Å²) in [5.41, 5.74) is 1.30. The van der Waals surface area contributed by atoms with Gasteiger partial charge in [0.25, 0.3) is 0 Å². The molecule has 0 spiro atoms. The molecule has 1 fully saturated rings. The van der Waals surface area contributed by atoms with Crippen LogP contribution < -0.4 is 10.6 Å². The highest BCUT2D eigenvalue weighted by Crippen LogP contribution is 2.12. The van der Waals surface area contributed by atoms with Gasteiger partial charge in [-0.2, -0.15) is 0 Å². The maximum atomic E-state index is 5.93. The van der Waals surface area contributed by atoms with Gasteiger partial charge < -0.3 is 10.6 Å². The van der Waals surface area contributed by atoms with Crippen LogP contribution >= 0.6 is 11.6 Å². The molecule has 1 aliphatic heterocycles. The van der Waals surface area contributed by atoms with Gasteiger partial charge >= 0.3 is 0 Å². The van der Waals surface area contributed by atoms with E-state index in [0.717, 1.165) is 31.1 Å². The van der Waals surface area contributed by atoms with Crippen LogP contribution in [0.25, 0.3) is 0 Å². The van der Waals surface area contributed by atoms with Crippen molar-refractivity contribution in [2.24, 2.45) is 0 Å². The van der Waals surface area contributed by atoms with Crippen molar-refractivity contribution in [3.05, 3.63) is 34.9 Å². The molecule has 2 N–H and O–H groups in total. The number of benzene rings is 1. The third-order valence-corrected chi connectivity index (χ3v) is 2.73. The van der Waals surface area contributed by atoms with Gasteiger partial charge in [0, 0.05) is 30.7 Å². The fourth-order valence-corrected chi connectivity index (χ4v) is 2.02. The Hall–Kier alpha value is -0.570. The Morgan fingerprint density at radius 3 is 3.00 bits per heavy atom. The quantitative estimate of drug-likeness (QED) is 0.772. The van der Waals surface area contributed by atoms with Crippen molar-refractivity contribution in [3.8, 4) is 0 Å². The smallest absolute Gasteiger partial charge is 0.0408 e. The molecular weight excluding hydrogens is 196 g/mol. The zero-order valence-corrected chi connectivity index (χ0v) is 8.85. The minimum atomic E-state index is 0.544. The Morgan fingerprint density at radius 2 is 2.29 bits per heavy atom. The minimum absolute atomic E-state index is 0.544. The predicted molar refractivity (Wildman–Crippen MR) is 59.8 cm³/mol. The summed E-state index contributed by atoms with van der Waals surface area (Å²) in [4.78, 5) is 0. The van der Waals surface area contributed by atoms with Crippen molar-refractivity contribution in [2.75, 3.05) is 19.6 Å². The molecule has 0 amide bonds. The van der Waals surface area contributed by atoms with E-state index >= 15 is 0 Å². The molecule has 0 radical (unpaired) electrons. The van der Waals surface area contributed by atoms with E-state index in [1.807, 2.05) is 18.2 Å². The fourth-order valence-electron chi connectivity index (χ4n) is 1.81. The van der Waals surface area contributed by atoms with Crippen molar-refractivity contribution >= 4 is 11.6 Å².